The average Bonchev–Trinajstić information content (AvgIpc) is 2.96. The van der Waals surface area contributed by atoms with Crippen LogP contribution < -0.4 is 15.2 Å². The van der Waals surface area contributed by atoms with Crippen molar-refractivity contribution in [3.05, 3.63) is 71.0 Å². The van der Waals surface area contributed by atoms with Gasteiger partial charge in [-0.3, -0.25) is 18.9 Å². The molecule has 0 fully saturated rings. The van der Waals surface area contributed by atoms with E-state index in [4.69, 9.17) is 4.74 Å². The standard InChI is InChI=1S/C20H19N5O3/c1-23(2)19(27)13-10-14-15(11-17(13)28-3)25-16(18(26)22-14)12-21-20(25)24-8-6-4-5-7-9-24/h4-12H,1-3H3,(H,22,26). The quantitative estimate of drug-likeness (QED) is 0.757. The van der Waals surface area contributed by atoms with Crippen LogP contribution in [0.4, 0.5) is 5.95 Å². The Morgan fingerprint density at radius 1 is 1.11 bits per heavy atom. The minimum absolute atomic E-state index is 0.213. The SMILES string of the molecule is COc1cc2c(cc1C(=O)N(C)C)[nH]c(=O)c1cnc(N3C=CC=CC=C3)n12. The second kappa shape index (κ2) is 6.73. The van der Waals surface area contributed by atoms with E-state index in [1.165, 1.54) is 18.2 Å². The van der Waals surface area contributed by atoms with Gasteiger partial charge < -0.3 is 14.6 Å². The number of allylic oxidation sites excluding steroid dienone is 4. The minimum atomic E-state index is -0.291. The van der Waals surface area contributed by atoms with Crippen molar-refractivity contribution in [3.63, 3.8) is 0 Å². The third kappa shape index (κ3) is 2.75. The predicted octanol–water partition coefficient (Wildman–Crippen LogP) is 2.29. The van der Waals surface area contributed by atoms with Crippen LogP contribution in [0.5, 0.6) is 5.75 Å². The summed E-state index contributed by atoms with van der Waals surface area (Å²) in [5.74, 6) is 0.758. The molecule has 0 aliphatic carbocycles. The summed E-state index contributed by atoms with van der Waals surface area (Å²) in [6.07, 6.45) is 12.8. The van der Waals surface area contributed by atoms with E-state index in [1.54, 1.807) is 30.6 Å². The molecule has 1 aromatic carbocycles. The molecule has 0 radical (unpaired) electrons. The first-order valence-corrected chi connectivity index (χ1v) is 8.64. The summed E-state index contributed by atoms with van der Waals surface area (Å²) in [7, 11) is 4.84. The molecule has 0 bridgehead atoms. The van der Waals surface area contributed by atoms with Crippen molar-refractivity contribution in [2.45, 2.75) is 0 Å². The molecule has 2 aromatic heterocycles. The molecule has 1 amide bonds. The van der Waals surface area contributed by atoms with E-state index in [0.717, 1.165) is 0 Å². The number of carbonyl (C=O) groups is 1. The van der Waals surface area contributed by atoms with Crippen LogP contribution in [0, 0.1) is 0 Å². The zero-order valence-corrected chi connectivity index (χ0v) is 15.7. The van der Waals surface area contributed by atoms with Crippen LogP contribution in [0.3, 0.4) is 0 Å². The van der Waals surface area contributed by atoms with Gasteiger partial charge in [0.1, 0.15) is 11.3 Å². The second-order valence-electron chi connectivity index (χ2n) is 6.48. The molecule has 28 heavy (non-hydrogen) atoms. The van der Waals surface area contributed by atoms with Gasteiger partial charge in [0.15, 0.2) is 0 Å². The number of hydrogen-bond acceptors (Lipinski definition) is 5. The van der Waals surface area contributed by atoms with E-state index in [0.29, 0.717) is 33.8 Å². The van der Waals surface area contributed by atoms with Gasteiger partial charge in [-0.05, 0) is 18.2 Å². The van der Waals surface area contributed by atoms with E-state index in [2.05, 4.69) is 9.97 Å². The van der Waals surface area contributed by atoms with E-state index < -0.39 is 0 Å². The first-order chi connectivity index (χ1) is 13.5. The first kappa shape index (κ1) is 17.6. The Morgan fingerprint density at radius 2 is 1.82 bits per heavy atom. The van der Waals surface area contributed by atoms with Crippen LogP contribution in [0.2, 0.25) is 0 Å². The first-order valence-electron chi connectivity index (χ1n) is 8.64. The van der Waals surface area contributed by atoms with E-state index in [1.807, 2.05) is 41.6 Å². The molecule has 142 valence electrons. The fraction of sp³-hybridized carbons (Fsp3) is 0.150. The Morgan fingerprint density at radius 3 is 2.46 bits per heavy atom. The Labute approximate surface area is 160 Å². The van der Waals surface area contributed by atoms with Crippen LogP contribution in [0.1, 0.15) is 10.4 Å². The highest BCUT2D eigenvalue weighted by Gasteiger charge is 2.20. The smallest absolute Gasteiger partial charge is 0.274 e. The van der Waals surface area contributed by atoms with Crippen LogP contribution in [-0.4, -0.2) is 46.4 Å². The van der Waals surface area contributed by atoms with Gasteiger partial charge in [-0.1, -0.05) is 12.2 Å². The van der Waals surface area contributed by atoms with Crippen LogP contribution in [0.15, 0.2) is 59.8 Å². The number of ether oxygens (including phenoxy) is 1. The number of anilines is 1. The maximum atomic E-state index is 12.6. The maximum Gasteiger partial charge on any atom is 0.274 e. The van der Waals surface area contributed by atoms with Gasteiger partial charge in [-0.25, -0.2) is 4.98 Å². The molecule has 1 N–H and O–H groups in total. The molecule has 0 saturated heterocycles. The van der Waals surface area contributed by atoms with E-state index in [-0.39, 0.29) is 11.5 Å². The molecule has 3 aromatic rings. The molecular weight excluding hydrogens is 358 g/mol. The van der Waals surface area contributed by atoms with Crippen molar-refractivity contribution in [1.82, 2.24) is 19.3 Å². The molecule has 1 aliphatic rings. The van der Waals surface area contributed by atoms with Crippen molar-refractivity contribution >= 4 is 28.4 Å². The summed E-state index contributed by atoms with van der Waals surface area (Å²) < 4.78 is 7.21. The molecule has 8 nitrogen and oxygen atoms in total. The molecule has 0 unspecified atom stereocenters. The summed E-state index contributed by atoms with van der Waals surface area (Å²) in [5, 5.41) is 0. The molecule has 3 heterocycles. The van der Waals surface area contributed by atoms with Gasteiger partial charge in [-0.2, -0.15) is 0 Å². The van der Waals surface area contributed by atoms with Crippen molar-refractivity contribution in [2.24, 2.45) is 0 Å². The van der Waals surface area contributed by atoms with Crippen LogP contribution in [0.25, 0.3) is 16.6 Å². The Hall–Kier alpha value is -3.81. The molecule has 0 spiro atoms. The fourth-order valence-corrected chi connectivity index (χ4v) is 3.14. The lowest BCUT2D eigenvalue weighted by atomic mass is 10.1. The molecule has 1 aliphatic heterocycles. The van der Waals surface area contributed by atoms with Gasteiger partial charge in [0.05, 0.1) is 29.9 Å². The third-order valence-electron chi connectivity index (χ3n) is 4.48. The number of methoxy groups -OCH3 is 1. The number of imidazole rings is 1. The van der Waals surface area contributed by atoms with Crippen LogP contribution >= 0.6 is 0 Å². The molecular formula is C20H19N5O3. The largest absolute Gasteiger partial charge is 0.496 e. The number of hydrogen-bond donors (Lipinski definition) is 1. The molecule has 8 heteroatoms. The highest BCUT2D eigenvalue weighted by molar-refractivity contribution is 6.00. The number of amides is 1. The average molecular weight is 377 g/mol. The number of aromatic amines is 1. The lowest BCUT2D eigenvalue weighted by Crippen LogP contribution is -2.22. The van der Waals surface area contributed by atoms with Gasteiger partial charge in [0.2, 0.25) is 5.95 Å². The fourth-order valence-electron chi connectivity index (χ4n) is 3.14. The number of rotatable bonds is 3. The number of nitrogens with one attached hydrogen (secondary N) is 1. The summed E-state index contributed by atoms with van der Waals surface area (Å²) in [6.45, 7) is 0. The number of H-pyrrole nitrogens is 1. The number of nitrogens with zero attached hydrogens (tertiary/aromatic N) is 4. The van der Waals surface area contributed by atoms with Crippen molar-refractivity contribution in [2.75, 3.05) is 26.1 Å². The molecule has 4 rings (SSSR count). The Balaban J connectivity index is 2.04. The number of benzene rings is 1. The summed E-state index contributed by atoms with van der Waals surface area (Å²) in [6, 6.07) is 3.38. The van der Waals surface area contributed by atoms with E-state index in [9.17, 15) is 9.59 Å². The number of aromatic nitrogens is 3. The normalized spacial score (nSPS) is 13.3. The highest BCUT2D eigenvalue weighted by Crippen LogP contribution is 2.28. The van der Waals surface area contributed by atoms with Gasteiger partial charge in [0, 0.05) is 32.6 Å². The lowest BCUT2D eigenvalue weighted by Gasteiger charge is -2.17. The molecule has 0 saturated carbocycles. The zero-order chi connectivity index (χ0) is 19.8. The minimum Gasteiger partial charge on any atom is -0.496 e. The maximum absolute atomic E-state index is 12.6. The van der Waals surface area contributed by atoms with Gasteiger partial charge >= 0.3 is 0 Å². The topological polar surface area (TPSA) is 82.9 Å². The molecule has 0 atom stereocenters. The van der Waals surface area contributed by atoms with Gasteiger partial charge in [-0.15, -0.1) is 0 Å². The third-order valence-corrected chi connectivity index (χ3v) is 4.48. The summed E-state index contributed by atoms with van der Waals surface area (Å²) in [4.78, 5) is 35.7. The van der Waals surface area contributed by atoms with Crippen molar-refractivity contribution < 1.29 is 9.53 Å². The Kier molecular flexibility index (Phi) is 4.23. The van der Waals surface area contributed by atoms with Crippen molar-refractivity contribution in [3.8, 4) is 5.75 Å². The number of carbonyl (C=O) groups excluding carboxylic acids is 1. The lowest BCUT2D eigenvalue weighted by molar-refractivity contribution is 0.0824. The predicted molar refractivity (Wildman–Crippen MR) is 108 cm³/mol. The Bertz CT molecular complexity index is 1210. The van der Waals surface area contributed by atoms with Crippen molar-refractivity contribution in [1.29, 1.82) is 0 Å². The van der Waals surface area contributed by atoms with Crippen LogP contribution in [-0.2, 0) is 0 Å². The zero-order valence-electron chi connectivity index (χ0n) is 15.7. The highest BCUT2D eigenvalue weighted by atomic mass is 16.5. The monoisotopic (exact) mass is 377 g/mol. The van der Waals surface area contributed by atoms with E-state index >= 15 is 0 Å². The summed E-state index contributed by atoms with van der Waals surface area (Å²) in [5.41, 5.74) is 1.67. The second-order valence-corrected chi connectivity index (χ2v) is 6.48. The van der Waals surface area contributed by atoms with Gasteiger partial charge in [0.25, 0.3) is 11.5 Å². The number of fused-ring (bicyclic) bond motifs is 3. The summed E-state index contributed by atoms with van der Waals surface area (Å²) >= 11 is 0.